The smallest absolute Gasteiger partial charge is 0.234 e. The number of nitrogens with two attached hydrogens (primary N) is 1. The summed E-state index contributed by atoms with van der Waals surface area (Å²) in [4.78, 5) is 25.2. The number of carbonyl (C=O) groups is 1. The zero-order valence-corrected chi connectivity index (χ0v) is 22.2. The molecular weight excluding hydrogens is 456 g/mol. The molecule has 3 N–H and O–H groups in total. The number of fused-ring (bicyclic) bond motifs is 4. The summed E-state index contributed by atoms with van der Waals surface area (Å²) >= 11 is 1.94. The van der Waals surface area contributed by atoms with Crippen LogP contribution in [0.4, 0.5) is 0 Å². The van der Waals surface area contributed by atoms with Crippen LogP contribution in [0.1, 0.15) is 72.6 Å². The molecule has 0 spiro atoms. The van der Waals surface area contributed by atoms with Crippen LogP contribution in [0.2, 0.25) is 0 Å². The number of hydrogen-bond acceptors (Lipinski definition) is 5. The van der Waals surface area contributed by atoms with Gasteiger partial charge in [-0.3, -0.25) is 9.69 Å². The lowest BCUT2D eigenvalue weighted by Crippen LogP contribution is -2.47. The third kappa shape index (κ3) is 3.22. The van der Waals surface area contributed by atoms with Gasteiger partial charge in [-0.1, -0.05) is 13.8 Å². The van der Waals surface area contributed by atoms with E-state index in [1.165, 1.54) is 55.0 Å². The Labute approximate surface area is 209 Å². The van der Waals surface area contributed by atoms with Gasteiger partial charge in [0, 0.05) is 34.6 Å². The van der Waals surface area contributed by atoms with Crippen molar-refractivity contribution in [2.45, 2.75) is 78.3 Å². The Hall–Kier alpha value is -2.71. The largest absolute Gasteiger partial charge is 0.368 e. The van der Waals surface area contributed by atoms with E-state index in [2.05, 4.69) is 60.8 Å². The number of hydrogen-bond donors (Lipinski definition) is 2. The van der Waals surface area contributed by atoms with Crippen molar-refractivity contribution >= 4 is 33.1 Å². The van der Waals surface area contributed by atoms with Crippen molar-refractivity contribution in [3.63, 3.8) is 0 Å². The third-order valence-corrected chi connectivity index (χ3v) is 10.1. The van der Waals surface area contributed by atoms with Crippen molar-refractivity contribution < 1.29 is 4.79 Å². The summed E-state index contributed by atoms with van der Waals surface area (Å²) in [6, 6.07) is 0.293. The van der Waals surface area contributed by atoms with Crippen molar-refractivity contribution in [2.24, 2.45) is 11.7 Å². The fourth-order valence-electron chi connectivity index (χ4n) is 6.79. The standard InChI is InChI=1S/C27H34N6OS/c1-12(2)21-22-15(5)24(19-8-18-7-17(19)9-32(18)16(6)25(28)34)35-27(22)31-23(21)20-10-33-26(29-11-30-33)14(4)13(20)3/h10-12,16-19,31H,7-9H2,1-6H3,(H2,28,34)/t16-,17?,18?,19-/m1/s1. The highest BCUT2D eigenvalue weighted by molar-refractivity contribution is 7.19. The number of piperidine rings is 1. The van der Waals surface area contributed by atoms with E-state index in [-0.39, 0.29) is 11.9 Å². The molecule has 1 aliphatic carbocycles. The quantitative estimate of drug-likeness (QED) is 0.410. The molecule has 6 rings (SSSR count). The van der Waals surface area contributed by atoms with E-state index >= 15 is 0 Å². The molecule has 8 heteroatoms. The lowest BCUT2D eigenvalue weighted by Gasteiger charge is -2.34. The molecule has 4 atom stereocenters. The van der Waals surface area contributed by atoms with Crippen LogP contribution in [0.25, 0.3) is 27.1 Å². The van der Waals surface area contributed by atoms with Gasteiger partial charge in [0.25, 0.3) is 0 Å². The molecule has 0 aromatic carbocycles. The molecule has 1 saturated carbocycles. The lowest BCUT2D eigenvalue weighted by atomic mass is 9.88. The van der Waals surface area contributed by atoms with Crippen LogP contribution in [0.15, 0.2) is 12.5 Å². The fraction of sp³-hybridized carbons (Fsp3) is 0.519. The molecule has 2 bridgehead atoms. The minimum Gasteiger partial charge on any atom is -0.368 e. The van der Waals surface area contributed by atoms with Crippen LogP contribution in [0.5, 0.6) is 0 Å². The Morgan fingerprint density at radius 3 is 2.60 bits per heavy atom. The van der Waals surface area contributed by atoms with Gasteiger partial charge in [-0.05, 0) is 80.5 Å². The monoisotopic (exact) mass is 490 g/mol. The van der Waals surface area contributed by atoms with Crippen LogP contribution < -0.4 is 5.73 Å². The predicted octanol–water partition coefficient (Wildman–Crippen LogP) is 5.04. The summed E-state index contributed by atoms with van der Waals surface area (Å²) in [6.45, 7) is 14.1. The number of aryl methyl sites for hydroxylation is 2. The van der Waals surface area contributed by atoms with Crippen molar-refractivity contribution in [3.05, 3.63) is 39.7 Å². The van der Waals surface area contributed by atoms with Gasteiger partial charge in [0.15, 0.2) is 5.65 Å². The second kappa shape index (κ2) is 7.90. The highest BCUT2D eigenvalue weighted by atomic mass is 32.1. The van der Waals surface area contributed by atoms with E-state index in [0.717, 1.165) is 18.6 Å². The van der Waals surface area contributed by atoms with Gasteiger partial charge in [0.2, 0.25) is 5.91 Å². The number of amides is 1. The maximum absolute atomic E-state index is 11.8. The Morgan fingerprint density at radius 1 is 1.17 bits per heavy atom. The van der Waals surface area contributed by atoms with Crippen LogP contribution in [0.3, 0.4) is 0 Å². The Morgan fingerprint density at radius 2 is 1.94 bits per heavy atom. The summed E-state index contributed by atoms with van der Waals surface area (Å²) in [7, 11) is 0. The Kier molecular flexibility index (Phi) is 5.13. The number of nitrogens with one attached hydrogen (secondary N) is 1. The summed E-state index contributed by atoms with van der Waals surface area (Å²) < 4.78 is 1.89. The molecule has 4 aromatic heterocycles. The van der Waals surface area contributed by atoms with E-state index < -0.39 is 0 Å². The molecule has 2 fully saturated rings. The van der Waals surface area contributed by atoms with E-state index in [0.29, 0.717) is 23.8 Å². The summed E-state index contributed by atoms with van der Waals surface area (Å²) in [5.41, 5.74) is 14.2. The zero-order chi connectivity index (χ0) is 24.8. The molecule has 7 nitrogen and oxygen atoms in total. The highest BCUT2D eigenvalue weighted by Crippen LogP contribution is 2.53. The zero-order valence-electron chi connectivity index (χ0n) is 21.3. The minimum atomic E-state index is -0.210. The van der Waals surface area contributed by atoms with Crippen molar-refractivity contribution in [2.75, 3.05) is 6.54 Å². The molecule has 1 saturated heterocycles. The topological polar surface area (TPSA) is 92.3 Å². The number of pyridine rings is 1. The average molecular weight is 491 g/mol. The molecular formula is C27H34N6OS. The first-order valence-corrected chi connectivity index (χ1v) is 13.5. The van der Waals surface area contributed by atoms with Gasteiger partial charge in [-0.15, -0.1) is 11.3 Å². The third-order valence-electron chi connectivity index (χ3n) is 8.76. The summed E-state index contributed by atoms with van der Waals surface area (Å²) in [5, 5.41) is 5.82. The molecule has 0 radical (unpaired) electrons. The second-order valence-electron chi connectivity index (χ2n) is 11.0. The average Bonchev–Trinajstić information content (AvgIpc) is 3.61. The molecule has 5 heterocycles. The number of primary amides is 1. The van der Waals surface area contributed by atoms with Crippen LogP contribution >= 0.6 is 11.3 Å². The highest BCUT2D eigenvalue weighted by Gasteiger charge is 2.48. The normalized spacial score (nSPS) is 23.3. The fourth-order valence-corrected chi connectivity index (χ4v) is 8.23. The van der Waals surface area contributed by atoms with Crippen LogP contribution in [-0.4, -0.2) is 49.0 Å². The number of aromatic amines is 1. The number of thiophene rings is 1. The van der Waals surface area contributed by atoms with Crippen LogP contribution in [0, 0.1) is 26.7 Å². The number of aromatic nitrogens is 4. The molecule has 4 aromatic rings. The van der Waals surface area contributed by atoms with Crippen molar-refractivity contribution in [3.8, 4) is 11.3 Å². The first kappa shape index (κ1) is 22.7. The van der Waals surface area contributed by atoms with Gasteiger partial charge in [-0.2, -0.15) is 5.10 Å². The first-order valence-electron chi connectivity index (χ1n) is 12.7. The molecule has 35 heavy (non-hydrogen) atoms. The second-order valence-corrected chi connectivity index (χ2v) is 12.0. The molecule has 1 aliphatic heterocycles. The minimum absolute atomic E-state index is 0.172. The van der Waals surface area contributed by atoms with Gasteiger partial charge >= 0.3 is 0 Å². The van der Waals surface area contributed by atoms with Gasteiger partial charge in [0.05, 0.1) is 11.7 Å². The molecule has 2 unspecified atom stereocenters. The Balaban J connectivity index is 1.42. The number of H-pyrrole nitrogens is 1. The summed E-state index contributed by atoms with van der Waals surface area (Å²) in [5.74, 6) is 1.35. The Bertz CT molecular complexity index is 1480. The van der Waals surface area contributed by atoms with Crippen molar-refractivity contribution in [1.82, 2.24) is 24.5 Å². The maximum atomic E-state index is 11.8. The van der Waals surface area contributed by atoms with Gasteiger partial charge in [-0.25, -0.2) is 9.50 Å². The first-order chi connectivity index (χ1) is 16.7. The number of likely N-dealkylation sites (tertiary alicyclic amines) is 1. The van der Waals surface area contributed by atoms with Gasteiger partial charge < -0.3 is 10.7 Å². The van der Waals surface area contributed by atoms with E-state index in [1.54, 1.807) is 6.33 Å². The van der Waals surface area contributed by atoms with Crippen molar-refractivity contribution in [1.29, 1.82) is 0 Å². The van der Waals surface area contributed by atoms with E-state index in [9.17, 15) is 4.79 Å². The molecule has 184 valence electrons. The number of rotatable bonds is 5. The molecule has 1 amide bonds. The molecule has 2 aliphatic rings. The van der Waals surface area contributed by atoms with Crippen LogP contribution in [-0.2, 0) is 4.79 Å². The van der Waals surface area contributed by atoms with E-state index in [4.69, 9.17) is 5.73 Å². The lowest BCUT2D eigenvalue weighted by molar-refractivity contribution is -0.123. The SMILES string of the molecule is Cc1c(-c2[nH]c3sc([C@@H]4CC5CC4CN5[C@H](C)C(N)=O)c(C)c3c2C(C)C)cn2ncnc2c1C. The number of nitrogens with zero attached hydrogens (tertiary/aromatic N) is 4. The maximum Gasteiger partial charge on any atom is 0.234 e. The van der Waals surface area contributed by atoms with E-state index in [1.807, 2.05) is 22.8 Å². The predicted molar refractivity (Wildman–Crippen MR) is 141 cm³/mol. The summed E-state index contributed by atoms with van der Waals surface area (Å²) in [6.07, 6.45) is 6.04. The van der Waals surface area contributed by atoms with Gasteiger partial charge in [0.1, 0.15) is 11.2 Å². The number of carbonyl (C=O) groups excluding carboxylic acids is 1.